The van der Waals surface area contributed by atoms with Crippen molar-refractivity contribution in [3.8, 4) is 5.75 Å². The Hall–Kier alpha value is -2.05. The zero-order chi connectivity index (χ0) is 19.8. The first-order valence-electron chi connectivity index (χ1n) is 10.2. The lowest BCUT2D eigenvalue weighted by atomic mass is 9.89. The highest BCUT2D eigenvalue weighted by Gasteiger charge is 2.47. The Morgan fingerprint density at radius 2 is 2.00 bits per heavy atom. The van der Waals surface area contributed by atoms with Crippen molar-refractivity contribution in [2.75, 3.05) is 26.7 Å². The van der Waals surface area contributed by atoms with Crippen molar-refractivity contribution in [1.82, 2.24) is 20.0 Å². The van der Waals surface area contributed by atoms with Gasteiger partial charge < -0.3 is 15.0 Å². The molecular formula is C22H31ClN4O2. The second-order valence-corrected chi connectivity index (χ2v) is 8.50. The van der Waals surface area contributed by atoms with Crippen molar-refractivity contribution in [3.05, 3.63) is 47.3 Å². The van der Waals surface area contributed by atoms with Gasteiger partial charge in [-0.1, -0.05) is 26.0 Å². The number of likely N-dealkylation sites (tertiary alicyclic amines) is 1. The van der Waals surface area contributed by atoms with E-state index in [9.17, 15) is 4.79 Å². The maximum Gasteiger partial charge on any atom is 0.272 e. The van der Waals surface area contributed by atoms with Crippen molar-refractivity contribution in [3.63, 3.8) is 0 Å². The van der Waals surface area contributed by atoms with E-state index in [4.69, 9.17) is 4.74 Å². The van der Waals surface area contributed by atoms with Crippen LogP contribution in [0.15, 0.2) is 30.3 Å². The number of methoxy groups -OCH3 is 1. The van der Waals surface area contributed by atoms with Crippen LogP contribution in [0.1, 0.15) is 41.6 Å². The molecule has 1 amide bonds. The monoisotopic (exact) mass is 418 g/mol. The zero-order valence-corrected chi connectivity index (χ0v) is 18.4. The average Bonchev–Trinajstić information content (AvgIpc) is 3.35. The fourth-order valence-corrected chi connectivity index (χ4v) is 4.75. The molecule has 0 unspecified atom stereocenters. The molecule has 3 heterocycles. The Kier molecular flexibility index (Phi) is 6.54. The van der Waals surface area contributed by atoms with E-state index < -0.39 is 0 Å². The molecular weight excluding hydrogens is 388 g/mol. The summed E-state index contributed by atoms with van der Waals surface area (Å²) >= 11 is 0. The summed E-state index contributed by atoms with van der Waals surface area (Å²) in [7, 11) is 3.55. The molecule has 7 heteroatoms. The van der Waals surface area contributed by atoms with Crippen LogP contribution in [0.3, 0.4) is 0 Å². The molecule has 0 radical (unpaired) electrons. The number of ether oxygens (including phenoxy) is 1. The Morgan fingerprint density at radius 1 is 1.28 bits per heavy atom. The van der Waals surface area contributed by atoms with Crippen LogP contribution in [0.4, 0.5) is 0 Å². The summed E-state index contributed by atoms with van der Waals surface area (Å²) in [6.45, 7) is 7.06. The molecule has 1 N–H and O–H groups in total. The number of carbonyl (C=O) groups excluding carboxylic acids is 1. The number of benzene rings is 1. The van der Waals surface area contributed by atoms with Gasteiger partial charge >= 0.3 is 0 Å². The predicted molar refractivity (Wildman–Crippen MR) is 116 cm³/mol. The van der Waals surface area contributed by atoms with E-state index in [1.165, 1.54) is 5.56 Å². The minimum atomic E-state index is 0. The summed E-state index contributed by atoms with van der Waals surface area (Å²) in [5, 5.41) is 8.08. The van der Waals surface area contributed by atoms with Gasteiger partial charge in [0.15, 0.2) is 0 Å². The highest BCUT2D eigenvalue weighted by molar-refractivity contribution is 5.93. The lowest BCUT2D eigenvalue weighted by molar-refractivity contribution is 0.0703. The lowest BCUT2D eigenvalue weighted by Gasteiger charge is -2.28. The van der Waals surface area contributed by atoms with E-state index in [1.54, 1.807) is 11.8 Å². The number of aryl methyl sites for hydroxylation is 1. The van der Waals surface area contributed by atoms with E-state index in [-0.39, 0.29) is 24.4 Å². The molecule has 0 aliphatic carbocycles. The van der Waals surface area contributed by atoms with Crippen LogP contribution < -0.4 is 10.1 Å². The van der Waals surface area contributed by atoms with E-state index in [1.807, 2.05) is 25.2 Å². The van der Waals surface area contributed by atoms with Crippen LogP contribution >= 0.6 is 12.4 Å². The molecule has 1 aromatic carbocycles. The van der Waals surface area contributed by atoms with Gasteiger partial charge in [0.1, 0.15) is 11.4 Å². The molecule has 158 valence electrons. The molecule has 4 rings (SSSR count). The summed E-state index contributed by atoms with van der Waals surface area (Å²) in [6.07, 6.45) is 0.887. The molecule has 0 spiro atoms. The predicted octanol–water partition coefficient (Wildman–Crippen LogP) is 3.08. The van der Waals surface area contributed by atoms with Gasteiger partial charge in [0.25, 0.3) is 5.91 Å². The van der Waals surface area contributed by atoms with Gasteiger partial charge in [-0.25, -0.2) is 0 Å². The van der Waals surface area contributed by atoms with Crippen molar-refractivity contribution in [1.29, 1.82) is 0 Å². The molecule has 1 aromatic heterocycles. The van der Waals surface area contributed by atoms with Gasteiger partial charge in [-0.3, -0.25) is 9.48 Å². The highest BCUT2D eigenvalue weighted by Crippen LogP contribution is 2.43. The Morgan fingerprint density at radius 3 is 2.66 bits per heavy atom. The fraction of sp³-hybridized carbons (Fsp3) is 0.545. The van der Waals surface area contributed by atoms with Crippen molar-refractivity contribution < 1.29 is 9.53 Å². The molecule has 3 atom stereocenters. The van der Waals surface area contributed by atoms with Gasteiger partial charge in [-0.15, -0.1) is 12.4 Å². The maximum atomic E-state index is 13.5. The van der Waals surface area contributed by atoms with Crippen molar-refractivity contribution in [2.45, 2.75) is 26.3 Å². The minimum Gasteiger partial charge on any atom is -0.497 e. The minimum absolute atomic E-state index is 0. The number of fused-ring (bicyclic) bond motifs is 1. The summed E-state index contributed by atoms with van der Waals surface area (Å²) in [5.41, 5.74) is 2.85. The molecule has 2 aromatic rings. The van der Waals surface area contributed by atoms with E-state index in [2.05, 4.69) is 41.3 Å². The number of nitrogens with one attached hydrogen (secondary N) is 1. The van der Waals surface area contributed by atoms with Gasteiger partial charge in [-0.05, 0) is 42.0 Å². The number of aromatic nitrogens is 2. The third-order valence-electron chi connectivity index (χ3n) is 6.05. The van der Waals surface area contributed by atoms with Crippen LogP contribution in [0.5, 0.6) is 5.75 Å². The van der Waals surface area contributed by atoms with Crippen LogP contribution in [0.2, 0.25) is 0 Å². The van der Waals surface area contributed by atoms with Gasteiger partial charge in [0.2, 0.25) is 0 Å². The summed E-state index contributed by atoms with van der Waals surface area (Å²) in [6, 6.07) is 10.2. The SMILES string of the molecule is COc1ccc([C@H]2[C@H]3CNC[C@H]3CN2C(=O)c2cc(CC(C)C)nn2C)cc1.Cl. The molecule has 2 fully saturated rings. The first kappa shape index (κ1) is 21.7. The molecule has 2 saturated heterocycles. The van der Waals surface area contributed by atoms with E-state index in [0.717, 1.165) is 37.5 Å². The first-order valence-corrected chi connectivity index (χ1v) is 10.2. The zero-order valence-electron chi connectivity index (χ0n) is 17.6. The van der Waals surface area contributed by atoms with Crippen LogP contribution in [-0.4, -0.2) is 47.3 Å². The smallest absolute Gasteiger partial charge is 0.272 e. The summed E-state index contributed by atoms with van der Waals surface area (Å²) in [5.74, 6) is 2.38. The number of hydrogen-bond donors (Lipinski definition) is 1. The van der Waals surface area contributed by atoms with E-state index >= 15 is 0 Å². The largest absolute Gasteiger partial charge is 0.497 e. The average molecular weight is 419 g/mol. The van der Waals surface area contributed by atoms with Crippen LogP contribution in [0.25, 0.3) is 0 Å². The lowest BCUT2D eigenvalue weighted by Crippen LogP contribution is -2.35. The van der Waals surface area contributed by atoms with Crippen LogP contribution in [0, 0.1) is 17.8 Å². The third-order valence-corrected chi connectivity index (χ3v) is 6.05. The Bertz CT molecular complexity index is 849. The number of nitrogens with zero attached hydrogens (tertiary/aromatic N) is 3. The highest BCUT2D eigenvalue weighted by atomic mass is 35.5. The van der Waals surface area contributed by atoms with E-state index in [0.29, 0.717) is 23.4 Å². The topological polar surface area (TPSA) is 59.4 Å². The van der Waals surface area contributed by atoms with Gasteiger partial charge in [0, 0.05) is 32.6 Å². The molecule has 2 aliphatic rings. The quantitative estimate of drug-likeness (QED) is 0.810. The maximum absolute atomic E-state index is 13.5. The Balaban J connectivity index is 0.00000240. The summed E-state index contributed by atoms with van der Waals surface area (Å²) < 4.78 is 7.06. The van der Waals surface area contributed by atoms with Gasteiger partial charge in [-0.2, -0.15) is 5.10 Å². The molecule has 2 aliphatic heterocycles. The molecule has 0 bridgehead atoms. The van der Waals surface area contributed by atoms with Crippen molar-refractivity contribution in [2.24, 2.45) is 24.8 Å². The van der Waals surface area contributed by atoms with Crippen LogP contribution in [-0.2, 0) is 13.5 Å². The molecule has 0 saturated carbocycles. The molecule has 6 nitrogen and oxygen atoms in total. The third kappa shape index (κ3) is 4.14. The number of amides is 1. The number of halogens is 1. The Labute approximate surface area is 179 Å². The fourth-order valence-electron chi connectivity index (χ4n) is 4.75. The summed E-state index contributed by atoms with van der Waals surface area (Å²) in [4.78, 5) is 15.6. The normalized spacial score (nSPS) is 23.2. The molecule has 29 heavy (non-hydrogen) atoms. The number of rotatable bonds is 5. The van der Waals surface area contributed by atoms with Crippen molar-refractivity contribution >= 4 is 18.3 Å². The number of hydrogen-bond acceptors (Lipinski definition) is 4. The second kappa shape index (κ2) is 8.76. The van der Waals surface area contributed by atoms with Gasteiger partial charge in [0.05, 0.1) is 18.8 Å². The second-order valence-electron chi connectivity index (χ2n) is 8.50. The standard InChI is InChI=1S/C22H30N4O2.ClH/c1-14(2)9-17-10-20(25(3)24-17)22(27)26-13-16-11-23-12-19(16)21(26)15-5-7-18(28-4)8-6-15;/h5-8,10,14,16,19,21,23H,9,11-13H2,1-4H3;1H/t16-,19-,21-;/m0./s1. The number of carbonyl (C=O) groups is 1. The first-order chi connectivity index (χ1) is 13.5.